The lowest BCUT2D eigenvalue weighted by Crippen LogP contribution is -2.21. The Morgan fingerprint density at radius 2 is 1.58 bits per heavy atom. The minimum Gasteiger partial charge on any atom is -0.504 e. The zero-order valence-electron chi connectivity index (χ0n) is 19.1. The molecule has 1 aliphatic rings. The number of nitrogens with two attached hydrogens (primary N) is 1. The van der Waals surface area contributed by atoms with E-state index < -0.39 is 0 Å². The molecule has 2 aromatic carbocycles. The number of ether oxygens (including phenoxy) is 1. The highest BCUT2D eigenvalue weighted by Crippen LogP contribution is 2.42. The lowest BCUT2D eigenvalue weighted by Gasteiger charge is -2.20. The molecule has 0 atom stereocenters. The summed E-state index contributed by atoms with van der Waals surface area (Å²) < 4.78 is 14.1. The molecule has 1 aliphatic heterocycles. The van der Waals surface area contributed by atoms with E-state index in [1.54, 1.807) is 6.07 Å². The first-order valence-electron chi connectivity index (χ1n) is 11.7. The van der Waals surface area contributed by atoms with Gasteiger partial charge in [-0.05, 0) is 88.9 Å². The van der Waals surface area contributed by atoms with Crippen molar-refractivity contribution in [1.29, 1.82) is 0 Å². The van der Waals surface area contributed by atoms with E-state index in [-0.39, 0.29) is 17.2 Å². The predicted octanol–water partition coefficient (Wildman–Crippen LogP) is 3.31. The quantitative estimate of drug-likeness (QED) is 0.249. The molecule has 6 heteroatoms. The predicted molar refractivity (Wildman–Crippen MR) is 125 cm³/mol. The molecule has 31 heavy (non-hydrogen) atoms. The lowest BCUT2D eigenvalue weighted by molar-refractivity contribution is 0.374. The number of nitrogens with one attached hydrogen (secondary N) is 2. The molecule has 6 nitrogen and oxygen atoms in total. The fourth-order valence-corrected chi connectivity index (χ4v) is 3.55. The number of unbranched alkanes of at least 4 members (excludes halogenated alkanes) is 1. The molecule has 0 bridgehead atoms. The summed E-state index contributed by atoms with van der Waals surface area (Å²) >= 11 is 0. The van der Waals surface area contributed by atoms with Gasteiger partial charge in [0.1, 0.15) is 5.76 Å². The number of hydrogen-bond acceptors (Lipinski definition) is 6. The Bertz CT molecular complexity index is 900. The van der Waals surface area contributed by atoms with E-state index in [9.17, 15) is 10.2 Å². The van der Waals surface area contributed by atoms with Gasteiger partial charge in [-0.25, -0.2) is 0 Å². The molecule has 0 amide bonds. The Kier molecular flexibility index (Phi) is 8.64. The highest BCUT2D eigenvalue weighted by Gasteiger charge is 2.19. The number of rotatable bonds is 13. The van der Waals surface area contributed by atoms with Crippen molar-refractivity contribution in [3.8, 4) is 17.2 Å². The van der Waals surface area contributed by atoms with Crippen LogP contribution in [0.3, 0.4) is 0 Å². The number of fused-ring (bicyclic) bond motifs is 1. The maximum absolute atomic E-state index is 10.1. The summed E-state index contributed by atoms with van der Waals surface area (Å²) in [4.78, 5) is 0. The highest BCUT2D eigenvalue weighted by atomic mass is 16.5. The van der Waals surface area contributed by atoms with Crippen LogP contribution in [0.15, 0.2) is 42.5 Å². The molecule has 0 saturated heterocycles. The van der Waals surface area contributed by atoms with E-state index in [1.165, 1.54) is 24.5 Å². The zero-order chi connectivity index (χ0) is 22.8. The van der Waals surface area contributed by atoms with Crippen LogP contribution >= 0.6 is 0 Å². The molecule has 0 aromatic heterocycles. The second-order valence-corrected chi connectivity index (χ2v) is 7.86. The number of aryl methyl sites for hydroxylation is 1. The van der Waals surface area contributed by atoms with Crippen LogP contribution in [0, 0.1) is 0 Å². The third-order valence-electron chi connectivity index (χ3n) is 5.39. The van der Waals surface area contributed by atoms with Gasteiger partial charge >= 0.3 is 0 Å². The number of allylic oxidation sites excluding steroid dienone is 1. The van der Waals surface area contributed by atoms with E-state index in [1.807, 2.05) is 12.1 Å². The Labute approximate surface area is 186 Å². The first-order chi connectivity index (χ1) is 15.6. The van der Waals surface area contributed by atoms with Crippen LogP contribution in [0.5, 0.6) is 17.2 Å². The molecule has 0 unspecified atom stereocenters. The molecule has 1 heterocycles. The fourth-order valence-electron chi connectivity index (χ4n) is 3.55. The summed E-state index contributed by atoms with van der Waals surface area (Å²) in [6, 6.07) is 11.5. The van der Waals surface area contributed by atoms with E-state index >= 15 is 0 Å². The van der Waals surface area contributed by atoms with Crippen molar-refractivity contribution in [2.75, 3.05) is 32.7 Å². The van der Waals surface area contributed by atoms with Crippen LogP contribution < -0.4 is 21.1 Å². The second-order valence-electron chi connectivity index (χ2n) is 7.86. The molecule has 3 rings (SSSR count). The van der Waals surface area contributed by atoms with Gasteiger partial charge in [-0.2, -0.15) is 0 Å². The van der Waals surface area contributed by atoms with Crippen LogP contribution in [-0.2, 0) is 12.8 Å². The topological polar surface area (TPSA) is 99.8 Å². The third kappa shape index (κ3) is 6.99. The normalized spacial score (nSPS) is 13.6. The molecule has 0 saturated carbocycles. The van der Waals surface area contributed by atoms with Crippen molar-refractivity contribution in [3.05, 3.63) is 59.1 Å². The Balaban J connectivity index is 1.39. The molecule has 0 radical (unpaired) electrons. The number of phenols is 2. The average molecular weight is 427 g/mol. The molecule has 0 aliphatic carbocycles. The van der Waals surface area contributed by atoms with E-state index in [0.717, 1.165) is 57.5 Å². The van der Waals surface area contributed by atoms with Gasteiger partial charge in [0.15, 0.2) is 11.5 Å². The summed E-state index contributed by atoms with van der Waals surface area (Å²) in [6.07, 6.45) is 5.80. The summed E-state index contributed by atoms with van der Waals surface area (Å²) in [5.41, 5.74) is 8.20. The monoisotopic (exact) mass is 426 g/mol. The van der Waals surface area contributed by atoms with E-state index in [2.05, 4.69) is 22.8 Å². The van der Waals surface area contributed by atoms with Crippen molar-refractivity contribution < 1.29 is 16.3 Å². The third-order valence-corrected chi connectivity index (χ3v) is 5.39. The molecule has 168 valence electrons. The molecule has 2 aromatic rings. The zero-order valence-corrected chi connectivity index (χ0v) is 18.1. The largest absolute Gasteiger partial charge is 0.504 e. The van der Waals surface area contributed by atoms with Gasteiger partial charge in [-0.15, -0.1) is 0 Å². The average Bonchev–Trinajstić information content (AvgIpc) is 2.80. The van der Waals surface area contributed by atoms with Crippen LogP contribution in [0.1, 0.15) is 43.7 Å². The van der Waals surface area contributed by atoms with Gasteiger partial charge in [-0.3, -0.25) is 0 Å². The van der Waals surface area contributed by atoms with Crippen LogP contribution in [0.4, 0.5) is 0 Å². The fraction of sp³-hybridized carbons (Fsp3) is 0.440. The van der Waals surface area contributed by atoms with Gasteiger partial charge < -0.3 is 31.3 Å². The van der Waals surface area contributed by atoms with Gasteiger partial charge in [0, 0.05) is 11.1 Å². The molecular formula is C25H35N3O3. The van der Waals surface area contributed by atoms with Crippen LogP contribution in [-0.4, -0.2) is 42.9 Å². The number of phenolic OH excluding ortho intramolecular Hbond substituents is 2. The summed E-state index contributed by atoms with van der Waals surface area (Å²) in [5, 5.41) is 26.7. The smallest absolute Gasteiger partial charge is 0.201 e. The maximum atomic E-state index is 10.1. The van der Waals surface area contributed by atoms with Crippen LogP contribution in [0.25, 0.3) is 5.76 Å². The molecule has 0 fully saturated rings. The Morgan fingerprint density at radius 3 is 2.29 bits per heavy atom. The molecule has 0 spiro atoms. The summed E-state index contributed by atoms with van der Waals surface area (Å²) in [7, 11) is 0. The van der Waals surface area contributed by atoms with Crippen molar-refractivity contribution in [1.82, 2.24) is 10.6 Å². The Hall–Kier alpha value is -2.54. The second kappa shape index (κ2) is 12.3. The Morgan fingerprint density at radius 1 is 0.903 bits per heavy atom. The highest BCUT2D eigenvalue weighted by molar-refractivity contribution is 5.68. The number of benzene rings is 2. The van der Waals surface area contributed by atoms with Crippen molar-refractivity contribution >= 4 is 5.76 Å². The van der Waals surface area contributed by atoms with E-state index in [4.69, 9.17) is 11.8 Å². The summed E-state index contributed by atoms with van der Waals surface area (Å²) in [6.45, 7) is 4.85. The summed E-state index contributed by atoms with van der Waals surface area (Å²) in [5.74, 6) is 0.153. The van der Waals surface area contributed by atoms with Crippen molar-refractivity contribution in [2.24, 2.45) is 5.73 Å². The number of hydrogen-bond donors (Lipinski definition) is 5. The van der Waals surface area contributed by atoms with Crippen LogP contribution in [0.2, 0.25) is 0 Å². The first-order valence-corrected chi connectivity index (χ1v) is 11.2. The first kappa shape index (κ1) is 21.7. The SMILES string of the molecule is [2H]C1=C(c2ccc(CCCNCCCCNCCCN)cc2)Oc2c(ccc(O)c2O)C1. The molecular weight excluding hydrogens is 390 g/mol. The van der Waals surface area contributed by atoms with Gasteiger partial charge in [0.05, 0.1) is 1.37 Å². The minimum absolute atomic E-state index is 0.223. The standard InChI is InChI=1S/C25H35N3O3/c26-14-4-18-28-16-2-1-15-27-17-3-5-19-6-8-20(9-7-19)23-13-11-21-10-12-22(29)24(30)25(21)31-23/h6-10,12-13,27-30H,1-5,11,14-18,26H2/i13D. The van der Waals surface area contributed by atoms with Gasteiger partial charge in [0.25, 0.3) is 0 Å². The lowest BCUT2D eigenvalue weighted by atomic mass is 10.0. The van der Waals surface area contributed by atoms with Gasteiger partial charge in [-0.1, -0.05) is 30.3 Å². The van der Waals surface area contributed by atoms with E-state index in [0.29, 0.717) is 23.8 Å². The van der Waals surface area contributed by atoms with Crippen molar-refractivity contribution in [3.63, 3.8) is 0 Å². The molecule has 6 N–H and O–H groups in total. The minimum atomic E-state index is -0.278. The number of aromatic hydroxyl groups is 2. The van der Waals surface area contributed by atoms with Crippen molar-refractivity contribution in [2.45, 2.75) is 38.5 Å². The van der Waals surface area contributed by atoms with Gasteiger partial charge in [0.2, 0.25) is 5.75 Å². The maximum Gasteiger partial charge on any atom is 0.201 e.